The number of nitrogens with zero attached hydrogens (tertiary/aromatic N) is 3. The van der Waals surface area contributed by atoms with Crippen molar-refractivity contribution in [1.82, 2.24) is 9.97 Å². The van der Waals surface area contributed by atoms with Gasteiger partial charge in [0.05, 0.1) is 37.4 Å². The molecule has 178 valence electrons. The largest absolute Gasteiger partial charge is 0.503 e. The van der Waals surface area contributed by atoms with Gasteiger partial charge in [-0.15, -0.1) is 11.3 Å². The van der Waals surface area contributed by atoms with Gasteiger partial charge in [0.2, 0.25) is 5.78 Å². The minimum atomic E-state index is -0.983. The zero-order chi connectivity index (χ0) is 25.2. The van der Waals surface area contributed by atoms with Crippen molar-refractivity contribution in [3.05, 3.63) is 84.0 Å². The van der Waals surface area contributed by atoms with Gasteiger partial charge in [0.1, 0.15) is 0 Å². The summed E-state index contributed by atoms with van der Waals surface area (Å²) in [6.45, 7) is 7.48. The summed E-state index contributed by atoms with van der Waals surface area (Å²) in [5.41, 5.74) is 3.75. The SMILES string of the molecule is Cc1cc(C)c2nc(N3C(=O)C(O)=C(C(=O)c4sc(C)nc4C)C3c3ccc(Cl)cc3Cl)sc2c1. The van der Waals surface area contributed by atoms with Crippen LogP contribution >= 0.6 is 45.9 Å². The van der Waals surface area contributed by atoms with Crippen LogP contribution in [0.2, 0.25) is 10.0 Å². The Bertz CT molecular complexity index is 1590. The Morgan fingerprint density at radius 1 is 1.06 bits per heavy atom. The van der Waals surface area contributed by atoms with Gasteiger partial charge in [0, 0.05) is 10.0 Å². The molecule has 1 atom stereocenters. The number of halogens is 2. The first-order chi connectivity index (χ1) is 16.6. The van der Waals surface area contributed by atoms with Gasteiger partial charge in [-0.3, -0.25) is 14.5 Å². The number of aliphatic hydroxyl groups excluding tert-OH is 1. The Labute approximate surface area is 219 Å². The first-order valence-corrected chi connectivity index (χ1v) is 13.0. The highest BCUT2D eigenvalue weighted by Crippen LogP contribution is 2.47. The summed E-state index contributed by atoms with van der Waals surface area (Å²) < 4.78 is 0.902. The molecule has 0 saturated carbocycles. The Morgan fingerprint density at radius 3 is 2.46 bits per heavy atom. The summed E-state index contributed by atoms with van der Waals surface area (Å²) in [6, 6.07) is 7.88. The van der Waals surface area contributed by atoms with Crippen LogP contribution in [0.15, 0.2) is 41.7 Å². The first kappa shape index (κ1) is 23.9. The van der Waals surface area contributed by atoms with E-state index >= 15 is 0 Å². The minimum Gasteiger partial charge on any atom is -0.503 e. The Kier molecular flexibility index (Phi) is 5.96. The highest BCUT2D eigenvalue weighted by atomic mass is 35.5. The van der Waals surface area contributed by atoms with E-state index in [1.165, 1.54) is 27.6 Å². The van der Waals surface area contributed by atoms with Crippen LogP contribution in [0.1, 0.15) is 43.1 Å². The monoisotopic (exact) mass is 543 g/mol. The maximum Gasteiger partial charge on any atom is 0.296 e. The summed E-state index contributed by atoms with van der Waals surface area (Å²) in [7, 11) is 0. The van der Waals surface area contributed by atoms with Crippen LogP contribution in [0.5, 0.6) is 0 Å². The highest BCUT2D eigenvalue weighted by molar-refractivity contribution is 7.22. The van der Waals surface area contributed by atoms with Crippen molar-refractivity contribution >= 4 is 72.9 Å². The Hall–Kier alpha value is -2.78. The second-order valence-electron chi connectivity index (χ2n) is 8.41. The molecule has 5 rings (SSSR count). The molecular formula is C25H19Cl2N3O3S2. The second-order valence-corrected chi connectivity index (χ2v) is 11.5. The van der Waals surface area contributed by atoms with Gasteiger partial charge < -0.3 is 5.11 Å². The van der Waals surface area contributed by atoms with Crippen LogP contribution in [0.4, 0.5) is 5.13 Å². The summed E-state index contributed by atoms with van der Waals surface area (Å²) >= 11 is 15.2. The topological polar surface area (TPSA) is 83.4 Å². The lowest BCUT2D eigenvalue weighted by atomic mass is 9.95. The van der Waals surface area contributed by atoms with E-state index in [9.17, 15) is 14.7 Å². The number of fused-ring (bicyclic) bond motifs is 1. The van der Waals surface area contributed by atoms with E-state index in [1.54, 1.807) is 32.0 Å². The summed E-state index contributed by atoms with van der Waals surface area (Å²) in [4.78, 5) is 38.0. The van der Waals surface area contributed by atoms with Crippen molar-refractivity contribution in [1.29, 1.82) is 0 Å². The third-order valence-corrected chi connectivity index (χ3v) is 8.48. The molecule has 6 nitrogen and oxygen atoms in total. The number of carbonyl (C=O) groups is 2. The van der Waals surface area contributed by atoms with Crippen LogP contribution in [0.3, 0.4) is 0 Å². The van der Waals surface area contributed by atoms with Crippen molar-refractivity contribution in [2.75, 3.05) is 4.90 Å². The van der Waals surface area contributed by atoms with Crippen molar-refractivity contribution in [2.24, 2.45) is 0 Å². The fraction of sp³-hybridized carbons (Fsp3) is 0.200. The normalized spacial score (nSPS) is 16.1. The van der Waals surface area contributed by atoms with Gasteiger partial charge in [0.15, 0.2) is 10.9 Å². The number of amides is 1. The number of aromatic nitrogens is 2. The molecule has 1 aliphatic heterocycles. The van der Waals surface area contributed by atoms with Gasteiger partial charge in [0.25, 0.3) is 5.91 Å². The molecule has 2 aromatic carbocycles. The van der Waals surface area contributed by atoms with Crippen LogP contribution < -0.4 is 4.90 Å². The molecule has 1 amide bonds. The molecule has 0 aliphatic carbocycles. The predicted molar refractivity (Wildman–Crippen MR) is 141 cm³/mol. The number of thiazole rings is 2. The number of aliphatic hydroxyl groups is 1. The Morgan fingerprint density at radius 2 is 1.80 bits per heavy atom. The second kappa shape index (κ2) is 8.71. The van der Waals surface area contributed by atoms with E-state index in [-0.39, 0.29) is 10.6 Å². The molecule has 0 radical (unpaired) electrons. The maximum absolute atomic E-state index is 13.7. The molecule has 1 unspecified atom stereocenters. The van der Waals surface area contributed by atoms with Gasteiger partial charge in [-0.1, -0.05) is 46.7 Å². The molecular weight excluding hydrogens is 525 g/mol. The van der Waals surface area contributed by atoms with Crippen LogP contribution in [-0.4, -0.2) is 26.8 Å². The number of hydrogen-bond donors (Lipinski definition) is 1. The van der Waals surface area contributed by atoms with E-state index in [2.05, 4.69) is 4.98 Å². The lowest BCUT2D eigenvalue weighted by Crippen LogP contribution is -2.31. The maximum atomic E-state index is 13.7. The molecule has 10 heteroatoms. The molecule has 0 spiro atoms. The third kappa shape index (κ3) is 3.94. The molecule has 4 aromatic rings. The summed E-state index contributed by atoms with van der Waals surface area (Å²) in [5, 5.41) is 12.8. The molecule has 0 bridgehead atoms. The Balaban J connectivity index is 1.73. The van der Waals surface area contributed by atoms with E-state index in [0.717, 1.165) is 21.3 Å². The van der Waals surface area contributed by atoms with Crippen molar-refractivity contribution in [2.45, 2.75) is 33.7 Å². The quantitative estimate of drug-likeness (QED) is 0.278. The number of carbonyl (C=O) groups excluding carboxylic acids is 2. The van der Waals surface area contributed by atoms with Gasteiger partial charge in [-0.05, 0) is 62.6 Å². The molecule has 1 aliphatic rings. The van der Waals surface area contributed by atoms with Gasteiger partial charge >= 0.3 is 0 Å². The van der Waals surface area contributed by atoms with E-state index < -0.39 is 23.5 Å². The smallest absolute Gasteiger partial charge is 0.296 e. The molecule has 0 saturated heterocycles. The van der Waals surface area contributed by atoms with Crippen molar-refractivity contribution in [3.63, 3.8) is 0 Å². The van der Waals surface area contributed by atoms with Gasteiger partial charge in [-0.2, -0.15) is 0 Å². The number of Topliss-reactive ketones (excluding diaryl/α,β-unsaturated/α-hetero) is 1. The molecule has 1 N–H and O–H groups in total. The first-order valence-electron chi connectivity index (χ1n) is 10.6. The average molecular weight is 544 g/mol. The predicted octanol–water partition coefficient (Wildman–Crippen LogP) is 7.08. The lowest BCUT2D eigenvalue weighted by molar-refractivity contribution is -0.117. The lowest BCUT2D eigenvalue weighted by Gasteiger charge is -2.25. The van der Waals surface area contributed by atoms with E-state index in [0.29, 0.717) is 31.3 Å². The van der Waals surface area contributed by atoms with Gasteiger partial charge in [-0.25, -0.2) is 9.97 Å². The van der Waals surface area contributed by atoms with Crippen molar-refractivity contribution in [3.8, 4) is 0 Å². The zero-order valence-corrected chi connectivity index (χ0v) is 22.3. The minimum absolute atomic E-state index is 0.0573. The number of hydrogen-bond acceptors (Lipinski definition) is 7. The zero-order valence-electron chi connectivity index (χ0n) is 19.1. The van der Waals surface area contributed by atoms with Crippen LogP contribution in [0, 0.1) is 27.7 Å². The summed E-state index contributed by atoms with van der Waals surface area (Å²) in [5.74, 6) is -1.80. The molecule has 2 aromatic heterocycles. The standard InChI is InChI=1S/C25H19Cl2N3O3S2/c1-10-7-11(2)19-17(8-10)35-25(29-19)30-20(15-6-5-14(26)9-16(15)27)18(22(32)24(30)33)21(31)23-12(3)28-13(4)34-23/h5-9,20,32H,1-4H3. The third-order valence-electron chi connectivity index (χ3n) is 5.84. The van der Waals surface area contributed by atoms with Crippen LogP contribution in [0.25, 0.3) is 10.2 Å². The average Bonchev–Trinajstić information content (AvgIpc) is 3.42. The molecule has 35 heavy (non-hydrogen) atoms. The fourth-order valence-corrected chi connectivity index (χ4v) is 6.93. The highest BCUT2D eigenvalue weighted by Gasteiger charge is 2.47. The number of benzene rings is 2. The summed E-state index contributed by atoms with van der Waals surface area (Å²) in [6.07, 6.45) is 0. The van der Waals surface area contributed by atoms with Crippen LogP contribution in [-0.2, 0) is 4.79 Å². The fourth-order valence-electron chi connectivity index (χ4n) is 4.38. The molecule has 0 fully saturated rings. The number of ketones is 1. The van der Waals surface area contributed by atoms with Crippen molar-refractivity contribution < 1.29 is 14.7 Å². The molecule has 3 heterocycles. The van der Waals surface area contributed by atoms with E-state index in [1.807, 2.05) is 26.0 Å². The number of rotatable bonds is 4. The number of aryl methyl sites for hydroxylation is 4. The van der Waals surface area contributed by atoms with E-state index in [4.69, 9.17) is 28.2 Å². The number of anilines is 1.